The van der Waals surface area contributed by atoms with Gasteiger partial charge in [0, 0.05) is 11.1 Å². The van der Waals surface area contributed by atoms with Gasteiger partial charge < -0.3 is 22.0 Å². The first-order valence-corrected chi connectivity index (χ1v) is 14.4. The van der Waals surface area contributed by atoms with Crippen LogP contribution in [0.1, 0.15) is 95.1 Å². The van der Waals surface area contributed by atoms with Crippen LogP contribution in [0.25, 0.3) is 0 Å². The molecule has 0 spiro atoms. The van der Waals surface area contributed by atoms with Gasteiger partial charge in [-0.25, -0.2) is 0 Å². The maximum atomic E-state index is 10.6. The van der Waals surface area contributed by atoms with E-state index in [1.165, 1.54) is 88.2 Å². The highest BCUT2D eigenvalue weighted by atomic mass is 35.5. The molecule has 2 rings (SSSR count). The van der Waals surface area contributed by atoms with E-state index in [1.54, 1.807) is 0 Å². The van der Waals surface area contributed by atoms with Crippen molar-refractivity contribution in [3.05, 3.63) is 71.8 Å². The summed E-state index contributed by atoms with van der Waals surface area (Å²) in [6.07, 6.45) is 15.9. The van der Waals surface area contributed by atoms with E-state index in [9.17, 15) is 5.11 Å². The number of aliphatic hydroxyl groups excluding tert-OH is 1. The zero-order valence-electron chi connectivity index (χ0n) is 22.0. The van der Waals surface area contributed by atoms with Gasteiger partial charge in [-0.15, -0.1) is 11.6 Å². The van der Waals surface area contributed by atoms with Gasteiger partial charge in [0.25, 0.3) is 0 Å². The Morgan fingerprint density at radius 2 is 1.06 bits per heavy atom. The summed E-state index contributed by atoms with van der Waals surface area (Å²) in [4.78, 5) is 0. The number of halogens is 2. The maximum Gasteiger partial charge on any atom is 0.116 e. The van der Waals surface area contributed by atoms with Crippen LogP contribution in [0.5, 0.6) is 0 Å². The van der Waals surface area contributed by atoms with Crippen molar-refractivity contribution in [2.45, 2.75) is 103 Å². The minimum atomic E-state index is -0.480. The summed E-state index contributed by atoms with van der Waals surface area (Å²) >= 11 is 6.08. The van der Waals surface area contributed by atoms with Crippen molar-refractivity contribution >= 4 is 11.6 Å². The van der Waals surface area contributed by atoms with Crippen molar-refractivity contribution in [1.82, 2.24) is 0 Å². The van der Waals surface area contributed by atoms with Crippen molar-refractivity contribution in [3.8, 4) is 0 Å². The first-order chi connectivity index (χ1) is 16.7. The number of aliphatic hydroxyl groups is 1. The highest BCUT2D eigenvalue weighted by Crippen LogP contribution is 2.23. The molecule has 0 aliphatic carbocycles. The topological polar surface area (TPSA) is 20.2 Å². The normalized spacial score (nSPS) is 12.3. The number of alkyl halides is 1. The van der Waals surface area contributed by atoms with Crippen LogP contribution in [0, 0.1) is 0 Å². The lowest BCUT2D eigenvalue weighted by Gasteiger charge is -2.40. The van der Waals surface area contributed by atoms with Crippen molar-refractivity contribution in [1.29, 1.82) is 0 Å². The molecular weight excluding hydrogens is 473 g/mol. The molecule has 0 amide bonds. The summed E-state index contributed by atoms with van der Waals surface area (Å²) < 4.78 is 0.861. The highest BCUT2D eigenvalue weighted by Gasteiger charge is 2.30. The second-order valence-electron chi connectivity index (χ2n) is 10.2. The Labute approximate surface area is 227 Å². The summed E-state index contributed by atoms with van der Waals surface area (Å²) in [6.45, 7) is 5.93. The Balaban J connectivity index is 0.00000612. The van der Waals surface area contributed by atoms with E-state index in [4.69, 9.17) is 11.6 Å². The molecule has 35 heavy (non-hydrogen) atoms. The Morgan fingerprint density at radius 3 is 1.46 bits per heavy atom. The molecule has 0 aliphatic heterocycles. The fraction of sp³-hybridized carbons (Fsp3) is 0.613. The standard InChI is InChI=1S/C31H49ClNO.ClH/c1-2-3-4-5-6-7-8-9-10-11-12-19-24-33(28-31(34)25-32,26-29-20-15-13-16-21-29)27-30-22-17-14-18-23-30;/h13-18,20-23,31,34H,2-12,19,24-28H2,1H3;1H/q+1;/p-1. The molecule has 2 aromatic rings. The number of rotatable bonds is 20. The van der Waals surface area contributed by atoms with E-state index in [2.05, 4.69) is 67.6 Å². The number of hydrogen-bond donors (Lipinski definition) is 1. The Kier molecular flexibility index (Phi) is 18.3. The molecule has 0 aliphatic rings. The van der Waals surface area contributed by atoms with Crippen LogP contribution >= 0.6 is 11.6 Å². The Bertz CT molecular complexity index is 684. The van der Waals surface area contributed by atoms with Crippen LogP contribution in [0.15, 0.2) is 60.7 Å². The van der Waals surface area contributed by atoms with E-state index < -0.39 is 6.10 Å². The molecule has 0 radical (unpaired) electrons. The van der Waals surface area contributed by atoms with Crippen molar-refractivity contribution in [2.75, 3.05) is 19.0 Å². The minimum absolute atomic E-state index is 0. The van der Waals surface area contributed by atoms with Gasteiger partial charge in [-0.05, 0) is 12.8 Å². The first-order valence-electron chi connectivity index (χ1n) is 13.8. The van der Waals surface area contributed by atoms with Crippen molar-refractivity contribution in [3.63, 3.8) is 0 Å². The molecule has 1 atom stereocenters. The summed E-state index contributed by atoms with van der Waals surface area (Å²) in [6, 6.07) is 21.5. The largest absolute Gasteiger partial charge is 1.00 e. The molecule has 4 heteroatoms. The number of benzene rings is 2. The molecule has 0 aromatic heterocycles. The third-order valence-electron chi connectivity index (χ3n) is 6.98. The third-order valence-corrected chi connectivity index (χ3v) is 7.34. The molecule has 2 aromatic carbocycles. The van der Waals surface area contributed by atoms with E-state index in [0.717, 1.165) is 24.1 Å². The summed E-state index contributed by atoms with van der Waals surface area (Å²) in [7, 11) is 0. The molecule has 2 nitrogen and oxygen atoms in total. The summed E-state index contributed by atoms with van der Waals surface area (Å²) in [5.74, 6) is 0.294. The third kappa shape index (κ3) is 14.3. The first kappa shape index (κ1) is 32.0. The van der Waals surface area contributed by atoms with Gasteiger partial charge in [-0.2, -0.15) is 0 Å². The Hall–Kier alpha value is -1.06. The predicted molar refractivity (Wildman–Crippen MR) is 148 cm³/mol. The molecule has 1 N–H and O–H groups in total. The fourth-order valence-corrected chi connectivity index (χ4v) is 5.26. The molecule has 0 saturated carbocycles. The van der Waals surface area contributed by atoms with Crippen LogP contribution < -0.4 is 12.4 Å². The minimum Gasteiger partial charge on any atom is -1.00 e. The second kappa shape index (κ2) is 20.0. The molecular formula is C31H49Cl2NO. The van der Waals surface area contributed by atoms with Gasteiger partial charge in [-0.1, -0.05) is 132 Å². The summed E-state index contributed by atoms with van der Waals surface area (Å²) in [5.41, 5.74) is 2.67. The molecule has 1 unspecified atom stereocenters. The van der Waals surface area contributed by atoms with Gasteiger partial charge in [0.2, 0.25) is 0 Å². The lowest BCUT2D eigenvalue weighted by atomic mass is 10.0. The molecule has 0 heterocycles. The van der Waals surface area contributed by atoms with Gasteiger partial charge in [0.1, 0.15) is 25.7 Å². The van der Waals surface area contributed by atoms with Crippen LogP contribution in [0.3, 0.4) is 0 Å². The highest BCUT2D eigenvalue weighted by molar-refractivity contribution is 6.18. The van der Waals surface area contributed by atoms with E-state index in [-0.39, 0.29) is 12.4 Å². The molecule has 0 bridgehead atoms. The quantitative estimate of drug-likeness (QED) is 0.138. The molecule has 0 saturated heterocycles. The number of hydrogen-bond acceptors (Lipinski definition) is 1. The van der Waals surface area contributed by atoms with E-state index in [0.29, 0.717) is 12.4 Å². The smallest absolute Gasteiger partial charge is 0.116 e. The zero-order valence-corrected chi connectivity index (χ0v) is 23.5. The van der Waals surface area contributed by atoms with E-state index in [1.807, 2.05) is 0 Å². The van der Waals surface area contributed by atoms with Gasteiger partial charge in [0.15, 0.2) is 0 Å². The summed E-state index contributed by atoms with van der Waals surface area (Å²) in [5, 5.41) is 10.6. The van der Waals surface area contributed by atoms with Crippen molar-refractivity contribution < 1.29 is 22.0 Å². The van der Waals surface area contributed by atoms with E-state index >= 15 is 0 Å². The number of quaternary nitrogens is 1. The van der Waals surface area contributed by atoms with Gasteiger partial charge in [-0.3, -0.25) is 0 Å². The lowest BCUT2D eigenvalue weighted by molar-refractivity contribution is -0.956. The average Bonchev–Trinajstić information content (AvgIpc) is 2.86. The SMILES string of the molecule is CCCCCCCCCCCCCC[N+](Cc1ccccc1)(Cc1ccccc1)CC(O)CCl.[Cl-]. The van der Waals surface area contributed by atoms with Crippen LogP contribution in [0.4, 0.5) is 0 Å². The Morgan fingerprint density at radius 1 is 0.657 bits per heavy atom. The van der Waals surface area contributed by atoms with Gasteiger partial charge in [0.05, 0.1) is 12.4 Å². The average molecular weight is 523 g/mol. The lowest BCUT2D eigenvalue weighted by Crippen LogP contribution is -3.00. The maximum absolute atomic E-state index is 10.6. The molecule has 198 valence electrons. The van der Waals surface area contributed by atoms with Gasteiger partial charge >= 0.3 is 0 Å². The number of nitrogens with zero attached hydrogens (tertiary/aromatic N) is 1. The number of unbranched alkanes of at least 4 members (excludes halogenated alkanes) is 11. The van der Waals surface area contributed by atoms with Crippen LogP contribution in [-0.2, 0) is 13.1 Å². The fourth-order valence-electron chi connectivity index (χ4n) is 5.16. The van der Waals surface area contributed by atoms with Crippen LogP contribution in [0.2, 0.25) is 0 Å². The van der Waals surface area contributed by atoms with Crippen molar-refractivity contribution in [2.24, 2.45) is 0 Å². The zero-order chi connectivity index (χ0) is 24.3. The predicted octanol–water partition coefficient (Wildman–Crippen LogP) is 5.51. The molecule has 0 fully saturated rings. The second-order valence-corrected chi connectivity index (χ2v) is 10.5. The monoisotopic (exact) mass is 521 g/mol. The van der Waals surface area contributed by atoms with Crippen LogP contribution in [-0.4, -0.2) is 34.7 Å².